The van der Waals surface area contributed by atoms with Crippen molar-refractivity contribution in [2.75, 3.05) is 39.4 Å². The molecule has 0 aliphatic carbocycles. The Kier molecular flexibility index (Phi) is 6.47. The van der Waals surface area contributed by atoms with Gasteiger partial charge in [-0.15, -0.1) is 0 Å². The van der Waals surface area contributed by atoms with Crippen molar-refractivity contribution in [1.82, 2.24) is 10.2 Å². The van der Waals surface area contributed by atoms with Gasteiger partial charge in [0.2, 0.25) is 0 Å². The lowest BCUT2D eigenvalue weighted by Crippen LogP contribution is -2.48. The van der Waals surface area contributed by atoms with E-state index in [9.17, 15) is 4.79 Å². The molecular weight excluding hydrogens is 328 g/mol. The van der Waals surface area contributed by atoms with Gasteiger partial charge in [-0.1, -0.05) is 44.2 Å². The molecule has 1 amide bonds. The Balaban J connectivity index is 1.42. The Morgan fingerprint density at radius 1 is 1.27 bits per heavy atom. The van der Waals surface area contributed by atoms with Gasteiger partial charge in [-0.25, -0.2) is 0 Å². The van der Waals surface area contributed by atoms with Crippen molar-refractivity contribution in [2.24, 2.45) is 5.92 Å². The third-order valence-corrected chi connectivity index (χ3v) is 4.46. The minimum atomic E-state index is -0.122. The van der Waals surface area contributed by atoms with Crippen LogP contribution in [0.3, 0.4) is 0 Å². The van der Waals surface area contributed by atoms with Gasteiger partial charge < -0.3 is 14.8 Å². The van der Waals surface area contributed by atoms with Crippen LogP contribution in [0.25, 0.3) is 10.8 Å². The zero-order valence-electron chi connectivity index (χ0n) is 15.6. The number of ether oxygens (including phenoxy) is 2. The average molecular weight is 356 g/mol. The number of carbonyl (C=O) groups excluding carboxylic acids is 1. The Labute approximate surface area is 155 Å². The molecular formula is C21H28N2O3. The fourth-order valence-electron chi connectivity index (χ4n) is 3.27. The number of rotatable bonds is 7. The van der Waals surface area contributed by atoms with Crippen LogP contribution in [0.2, 0.25) is 0 Å². The standard InChI is InChI=1S/C21H28N2O3/c1-16(2)13-23-9-10-25-20(14-23)12-22-21(24)15-26-19-8-7-17-5-3-4-6-18(17)11-19/h3-8,11,16,20H,9-10,12-15H2,1-2H3,(H,22,24)/t20-/m0/s1. The lowest BCUT2D eigenvalue weighted by Gasteiger charge is -2.33. The minimum Gasteiger partial charge on any atom is -0.484 e. The van der Waals surface area contributed by atoms with Crippen molar-refractivity contribution in [1.29, 1.82) is 0 Å². The highest BCUT2D eigenvalue weighted by molar-refractivity contribution is 5.84. The topological polar surface area (TPSA) is 50.8 Å². The van der Waals surface area contributed by atoms with Crippen molar-refractivity contribution in [3.63, 3.8) is 0 Å². The number of fused-ring (bicyclic) bond motifs is 1. The maximum absolute atomic E-state index is 12.1. The van der Waals surface area contributed by atoms with Gasteiger partial charge in [-0.05, 0) is 28.8 Å². The monoisotopic (exact) mass is 356 g/mol. The fraction of sp³-hybridized carbons (Fsp3) is 0.476. The zero-order valence-corrected chi connectivity index (χ0v) is 15.6. The van der Waals surface area contributed by atoms with Gasteiger partial charge in [0.25, 0.3) is 5.91 Å². The SMILES string of the molecule is CC(C)CN1CCO[C@@H](CNC(=O)COc2ccc3ccccc3c2)C1. The third-order valence-electron chi connectivity index (χ3n) is 4.46. The average Bonchev–Trinajstić information content (AvgIpc) is 2.64. The first-order valence-corrected chi connectivity index (χ1v) is 9.32. The number of amides is 1. The molecule has 26 heavy (non-hydrogen) atoms. The van der Waals surface area contributed by atoms with Crippen molar-refractivity contribution >= 4 is 16.7 Å². The Bertz CT molecular complexity index is 732. The molecule has 0 radical (unpaired) electrons. The first-order valence-electron chi connectivity index (χ1n) is 9.32. The molecule has 1 aliphatic rings. The number of nitrogens with zero attached hydrogens (tertiary/aromatic N) is 1. The fourth-order valence-corrected chi connectivity index (χ4v) is 3.27. The van der Waals surface area contributed by atoms with Gasteiger partial charge >= 0.3 is 0 Å². The molecule has 0 unspecified atom stereocenters. The molecule has 140 valence electrons. The summed E-state index contributed by atoms with van der Waals surface area (Å²) in [6.45, 7) is 8.60. The normalized spacial score (nSPS) is 18.2. The predicted octanol–water partition coefficient (Wildman–Crippen LogP) is 2.69. The highest BCUT2D eigenvalue weighted by Gasteiger charge is 2.21. The zero-order chi connectivity index (χ0) is 18.4. The van der Waals surface area contributed by atoms with Gasteiger partial charge in [0, 0.05) is 26.2 Å². The van der Waals surface area contributed by atoms with Gasteiger partial charge in [0.05, 0.1) is 12.7 Å². The maximum Gasteiger partial charge on any atom is 0.258 e. The lowest BCUT2D eigenvalue weighted by molar-refractivity contribution is -0.124. The molecule has 2 aromatic carbocycles. The van der Waals surface area contributed by atoms with Crippen LogP contribution in [0.4, 0.5) is 0 Å². The molecule has 0 saturated carbocycles. The Morgan fingerprint density at radius 2 is 2.08 bits per heavy atom. The second-order valence-electron chi connectivity index (χ2n) is 7.25. The second kappa shape index (κ2) is 9.01. The number of benzene rings is 2. The molecule has 3 rings (SSSR count). The van der Waals surface area contributed by atoms with Gasteiger partial charge in [-0.2, -0.15) is 0 Å². The summed E-state index contributed by atoms with van der Waals surface area (Å²) in [6, 6.07) is 13.9. The van der Waals surface area contributed by atoms with Crippen molar-refractivity contribution in [2.45, 2.75) is 20.0 Å². The predicted molar refractivity (Wildman–Crippen MR) is 103 cm³/mol. The molecule has 0 aromatic heterocycles. The van der Waals surface area contributed by atoms with Gasteiger partial charge in [0.15, 0.2) is 6.61 Å². The van der Waals surface area contributed by atoms with Crippen LogP contribution < -0.4 is 10.1 Å². The van der Waals surface area contributed by atoms with Crippen LogP contribution in [-0.2, 0) is 9.53 Å². The van der Waals surface area contributed by atoms with Crippen LogP contribution >= 0.6 is 0 Å². The van der Waals surface area contributed by atoms with Crippen LogP contribution in [0.15, 0.2) is 42.5 Å². The number of carbonyl (C=O) groups is 1. The van der Waals surface area contributed by atoms with Crippen molar-refractivity contribution < 1.29 is 14.3 Å². The van der Waals surface area contributed by atoms with Gasteiger partial charge in [0.1, 0.15) is 5.75 Å². The molecule has 5 nitrogen and oxygen atoms in total. The van der Waals surface area contributed by atoms with E-state index < -0.39 is 0 Å². The smallest absolute Gasteiger partial charge is 0.258 e. The van der Waals surface area contributed by atoms with E-state index in [2.05, 4.69) is 30.1 Å². The van der Waals surface area contributed by atoms with E-state index >= 15 is 0 Å². The molecule has 5 heteroatoms. The summed E-state index contributed by atoms with van der Waals surface area (Å²) in [5, 5.41) is 5.18. The molecule has 0 spiro atoms. The first kappa shape index (κ1) is 18.7. The summed E-state index contributed by atoms with van der Waals surface area (Å²) in [4.78, 5) is 14.5. The minimum absolute atomic E-state index is 0.0147. The van der Waals surface area contributed by atoms with E-state index in [1.807, 2.05) is 36.4 Å². The van der Waals surface area contributed by atoms with Crippen LogP contribution in [0.5, 0.6) is 5.75 Å². The van der Waals surface area contributed by atoms with Crippen LogP contribution in [0.1, 0.15) is 13.8 Å². The maximum atomic E-state index is 12.1. The van der Waals surface area contributed by atoms with E-state index in [4.69, 9.17) is 9.47 Å². The van der Waals surface area contributed by atoms with E-state index in [0.29, 0.717) is 18.2 Å². The first-order chi connectivity index (χ1) is 12.6. The molecule has 2 aromatic rings. The van der Waals surface area contributed by atoms with E-state index in [0.717, 1.165) is 37.0 Å². The summed E-state index contributed by atoms with van der Waals surface area (Å²) in [5.41, 5.74) is 0. The molecule has 1 atom stereocenters. The van der Waals surface area contributed by atoms with E-state index in [1.165, 1.54) is 0 Å². The number of hydrogen-bond donors (Lipinski definition) is 1. The number of morpholine rings is 1. The van der Waals surface area contributed by atoms with Crippen molar-refractivity contribution in [3.05, 3.63) is 42.5 Å². The molecule has 0 bridgehead atoms. The summed E-state index contributed by atoms with van der Waals surface area (Å²) in [5.74, 6) is 1.22. The summed E-state index contributed by atoms with van der Waals surface area (Å²) >= 11 is 0. The Morgan fingerprint density at radius 3 is 2.88 bits per heavy atom. The van der Waals surface area contributed by atoms with Gasteiger partial charge in [-0.3, -0.25) is 9.69 Å². The quantitative estimate of drug-likeness (QED) is 0.829. The molecule has 1 N–H and O–H groups in total. The Hall–Kier alpha value is -2.11. The third kappa shape index (κ3) is 5.44. The number of hydrogen-bond acceptors (Lipinski definition) is 4. The molecule has 1 fully saturated rings. The van der Waals surface area contributed by atoms with Crippen molar-refractivity contribution in [3.8, 4) is 5.75 Å². The second-order valence-corrected chi connectivity index (χ2v) is 7.25. The van der Waals surface area contributed by atoms with E-state index in [1.54, 1.807) is 0 Å². The highest BCUT2D eigenvalue weighted by atomic mass is 16.5. The lowest BCUT2D eigenvalue weighted by atomic mass is 10.1. The summed E-state index contributed by atoms with van der Waals surface area (Å²) in [6.07, 6.45) is 0.0483. The summed E-state index contributed by atoms with van der Waals surface area (Å²) in [7, 11) is 0. The van der Waals surface area contributed by atoms with Crippen LogP contribution in [-0.4, -0.2) is 56.3 Å². The largest absolute Gasteiger partial charge is 0.484 e. The molecule has 1 heterocycles. The highest BCUT2D eigenvalue weighted by Crippen LogP contribution is 2.20. The van der Waals surface area contributed by atoms with E-state index in [-0.39, 0.29) is 18.6 Å². The van der Waals surface area contributed by atoms with Crippen LogP contribution in [0, 0.1) is 5.92 Å². The summed E-state index contributed by atoms with van der Waals surface area (Å²) < 4.78 is 11.4. The molecule has 1 saturated heterocycles. The number of nitrogens with one attached hydrogen (secondary N) is 1. The molecule has 1 aliphatic heterocycles.